The molecule has 0 saturated carbocycles. The Bertz CT molecular complexity index is 714. The van der Waals surface area contributed by atoms with Crippen LogP contribution in [0.4, 0.5) is 0 Å². The van der Waals surface area contributed by atoms with Crippen LogP contribution in [0.1, 0.15) is 35.0 Å². The Kier molecular flexibility index (Phi) is 5.13. The van der Waals surface area contributed by atoms with E-state index < -0.39 is 10.2 Å². The van der Waals surface area contributed by atoms with Gasteiger partial charge < -0.3 is 0 Å². The number of nitrogens with zero attached hydrogens (tertiary/aromatic N) is 3. The predicted octanol–water partition coefficient (Wildman–Crippen LogP) is 1.65. The molecule has 3 aliphatic heterocycles. The lowest BCUT2D eigenvalue weighted by atomic mass is 9.95. The van der Waals surface area contributed by atoms with E-state index in [1.165, 1.54) is 15.6 Å². The lowest BCUT2D eigenvalue weighted by molar-refractivity contribution is 0.102. The Morgan fingerprint density at radius 2 is 2.04 bits per heavy atom. The van der Waals surface area contributed by atoms with Crippen LogP contribution in [0.25, 0.3) is 0 Å². The highest BCUT2D eigenvalue weighted by molar-refractivity contribution is 7.86. The van der Waals surface area contributed by atoms with Gasteiger partial charge in [0, 0.05) is 46.3 Å². The van der Waals surface area contributed by atoms with Gasteiger partial charge in [0.15, 0.2) is 5.78 Å². The first-order chi connectivity index (χ1) is 11.3. The van der Waals surface area contributed by atoms with E-state index in [9.17, 15) is 13.2 Å². The van der Waals surface area contributed by atoms with Crippen LogP contribution in [0, 0.1) is 5.92 Å². The number of hydrogen-bond donors (Lipinski definition) is 0. The summed E-state index contributed by atoms with van der Waals surface area (Å²) in [4.78, 5) is 14.7. The third-order valence-corrected chi connectivity index (χ3v) is 7.92. The molecule has 0 radical (unpaired) electrons. The maximum Gasteiger partial charge on any atom is 0.281 e. The number of carbonyl (C=O) groups excluding carboxylic acids is 1. The van der Waals surface area contributed by atoms with Crippen molar-refractivity contribution in [2.75, 3.05) is 33.7 Å². The molecule has 0 unspecified atom stereocenters. The van der Waals surface area contributed by atoms with Crippen molar-refractivity contribution < 1.29 is 13.2 Å². The van der Waals surface area contributed by atoms with Crippen LogP contribution >= 0.6 is 11.3 Å². The lowest BCUT2D eigenvalue weighted by Crippen LogP contribution is -2.45. The molecule has 0 amide bonds. The lowest BCUT2D eigenvalue weighted by Gasteiger charge is -2.35. The van der Waals surface area contributed by atoms with Crippen LogP contribution in [-0.4, -0.2) is 67.5 Å². The van der Waals surface area contributed by atoms with Crippen molar-refractivity contribution in [2.24, 2.45) is 5.92 Å². The molecule has 24 heavy (non-hydrogen) atoms. The molecule has 2 bridgehead atoms. The van der Waals surface area contributed by atoms with Gasteiger partial charge in [-0.25, -0.2) is 0 Å². The van der Waals surface area contributed by atoms with Crippen molar-refractivity contribution >= 4 is 27.3 Å². The molecule has 3 saturated heterocycles. The maximum absolute atomic E-state index is 12.5. The van der Waals surface area contributed by atoms with Crippen LogP contribution < -0.4 is 0 Å². The van der Waals surface area contributed by atoms with Crippen LogP contribution in [0.3, 0.4) is 0 Å². The first kappa shape index (κ1) is 18.0. The summed E-state index contributed by atoms with van der Waals surface area (Å²) in [5.41, 5.74) is 1.15. The van der Waals surface area contributed by atoms with Gasteiger partial charge in [-0.1, -0.05) is 0 Å². The number of carbonyl (C=O) groups is 1. The maximum atomic E-state index is 12.5. The van der Waals surface area contributed by atoms with Gasteiger partial charge in [-0.05, 0) is 42.7 Å². The molecule has 1 aromatic heterocycles. The van der Waals surface area contributed by atoms with Gasteiger partial charge in [0.05, 0.1) is 4.88 Å². The number of ketones is 1. The molecule has 4 heterocycles. The van der Waals surface area contributed by atoms with Gasteiger partial charge in [0.1, 0.15) is 0 Å². The minimum atomic E-state index is -3.36. The first-order valence-corrected chi connectivity index (χ1v) is 10.5. The minimum Gasteiger partial charge on any atom is -0.294 e. The Morgan fingerprint density at radius 3 is 2.67 bits per heavy atom. The minimum absolute atomic E-state index is 0.104. The van der Waals surface area contributed by atoms with Gasteiger partial charge >= 0.3 is 0 Å². The van der Waals surface area contributed by atoms with E-state index in [2.05, 4.69) is 4.90 Å². The zero-order chi connectivity index (χ0) is 17.5. The number of fused-ring (bicyclic) bond motifs is 4. The molecule has 8 heteroatoms. The van der Waals surface area contributed by atoms with E-state index in [-0.39, 0.29) is 11.8 Å². The fourth-order valence-electron chi connectivity index (χ4n) is 3.63. The van der Waals surface area contributed by atoms with Crippen molar-refractivity contribution in [2.45, 2.75) is 32.4 Å². The number of hydrogen-bond acceptors (Lipinski definition) is 5. The van der Waals surface area contributed by atoms with Gasteiger partial charge in [-0.3, -0.25) is 9.69 Å². The summed E-state index contributed by atoms with van der Waals surface area (Å²) >= 11 is 1.49. The Balaban J connectivity index is 1.74. The number of thiophene rings is 1. The molecular weight excluding hydrogens is 346 g/mol. The number of piperidine rings is 1. The highest BCUT2D eigenvalue weighted by atomic mass is 32.2. The molecule has 0 aromatic carbocycles. The summed E-state index contributed by atoms with van der Waals surface area (Å²) < 4.78 is 27.9. The standard InChI is InChI=1S/C16H25N3O3S2/c1-12(20)16-6-14(11-23-16)8-18-7-13-4-5-15(18)10-19(9-13)24(21,22)17(2)3/h6,11,13,15H,4-5,7-10H2,1-3H3/t13-,15-/m1/s1. The van der Waals surface area contributed by atoms with Gasteiger partial charge in [0.25, 0.3) is 10.2 Å². The first-order valence-electron chi connectivity index (χ1n) is 8.27. The summed E-state index contributed by atoms with van der Waals surface area (Å²) in [6.45, 7) is 4.47. The topological polar surface area (TPSA) is 60.9 Å². The third kappa shape index (κ3) is 3.57. The zero-order valence-electron chi connectivity index (χ0n) is 14.4. The van der Waals surface area contributed by atoms with Crippen molar-refractivity contribution in [3.8, 4) is 0 Å². The summed E-state index contributed by atoms with van der Waals surface area (Å²) in [6.07, 6.45) is 2.12. The molecule has 0 N–H and O–H groups in total. The number of Topliss-reactive ketones (excluding diaryl/α,β-unsaturated/α-hetero) is 1. The highest BCUT2D eigenvalue weighted by Gasteiger charge is 2.39. The average Bonchev–Trinajstić information content (AvgIpc) is 2.78. The molecule has 3 fully saturated rings. The van der Waals surface area contributed by atoms with Crippen LogP contribution in [0.2, 0.25) is 0 Å². The highest BCUT2D eigenvalue weighted by Crippen LogP contribution is 2.31. The second-order valence-corrected chi connectivity index (χ2v) is 10.1. The SMILES string of the molecule is CC(=O)c1cc(CN2C[C@H]3CC[C@@H]2CN(S(=O)(=O)N(C)C)C3)cs1. The summed E-state index contributed by atoms with van der Waals surface area (Å²) in [7, 11) is -0.172. The molecule has 0 spiro atoms. The van der Waals surface area contributed by atoms with Crippen molar-refractivity contribution in [1.82, 2.24) is 13.5 Å². The molecule has 134 valence electrons. The Morgan fingerprint density at radius 1 is 1.29 bits per heavy atom. The molecular formula is C16H25N3O3S2. The predicted molar refractivity (Wildman–Crippen MR) is 95.4 cm³/mol. The second kappa shape index (κ2) is 6.84. The third-order valence-electron chi connectivity index (χ3n) is 4.97. The van der Waals surface area contributed by atoms with E-state index in [0.29, 0.717) is 19.0 Å². The molecule has 2 atom stereocenters. The van der Waals surface area contributed by atoms with Crippen LogP contribution in [0.5, 0.6) is 0 Å². The van der Waals surface area contributed by atoms with Gasteiger partial charge in [-0.2, -0.15) is 17.0 Å². The molecule has 1 aromatic rings. The monoisotopic (exact) mass is 371 g/mol. The van der Waals surface area contributed by atoms with Crippen molar-refractivity contribution in [3.63, 3.8) is 0 Å². The van der Waals surface area contributed by atoms with Gasteiger partial charge in [0.2, 0.25) is 0 Å². The van der Waals surface area contributed by atoms with Crippen molar-refractivity contribution in [3.05, 3.63) is 21.9 Å². The summed E-state index contributed by atoms with van der Waals surface area (Å²) in [6, 6.07) is 2.22. The fraction of sp³-hybridized carbons (Fsp3) is 0.688. The normalized spacial score (nSPS) is 26.0. The zero-order valence-corrected chi connectivity index (χ0v) is 16.1. The molecule has 6 nitrogen and oxygen atoms in total. The Hall–Kier alpha value is -0.800. The quantitative estimate of drug-likeness (QED) is 0.739. The van der Waals surface area contributed by atoms with E-state index >= 15 is 0 Å². The Labute approximate surface area is 148 Å². The van der Waals surface area contributed by atoms with Crippen LogP contribution in [0.15, 0.2) is 11.4 Å². The molecule has 4 rings (SSSR count). The van der Waals surface area contributed by atoms with Crippen molar-refractivity contribution in [1.29, 1.82) is 0 Å². The summed E-state index contributed by atoms with van der Waals surface area (Å²) in [5.74, 6) is 0.483. The number of rotatable bonds is 5. The van der Waals surface area contributed by atoms with E-state index in [1.54, 1.807) is 25.3 Å². The van der Waals surface area contributed by atoms with E-state index in [0.717, 1.165) is 36.4 Å². The fourth-order valence-corrected chi connectivity index (χ4v) is 5.65. The summed E-state index contributed by atoms with van der Waals surface area (Å²) in [5, 5.41) is 2.05. The smallest absolute Gasteiger partial charge is 0.281 e. The average molecular weight is 372 g/mol. The van der Waals surface area contributed by atoms with Gasteiger partial charge in [-0.15, -0.1) is 11.3 Å². The van der Waals surface area contributed by atoms with E-state index in [1.807, 2.05) is 11.4 Å². The molecule has 3 aliphatic rings. The largest absolute Gasteiger partial charge is 0.294 e. The second-order valence-electron chi connectivity index (χ2n) is 7.01. The molecule has 0 aliphatic carbocycles. The van der Waals surface area contributed by atoms with Crippen LogP contribution in [-0.2, 0) is 16.8 Å². The van der Waals surface area contributed by atoms with E-state index in [4.69, 9.17) is 0 Å².